The van der Waals surface area contributed by atoms with Gasteiger partial charge >= 0.3 is 5.97 Å². The molecule has 6 nitrogen and oxygen atoms in total. The summed E-state index contributed by atoms with van der Waals surface area (Å²) in [4.78, 5) is 11.2. The highest BCUT2D eigenvalue weighted by Gasteiger charge is 2.45. The monoisotopic (exact) mass is 290 g/mol. The third-order valence-corrected chi connectivity index (χ3v) is 6.15. The first-order valence-corrected chi connectivity index (χ1v) is 8.25. The van der Waals surface area contributed by atoms with Crippen LogP contribution < -0.4 is 0 Å². The van der Waals surface area contributed by atoms with Crippen LogP contribution in [-0.2, 0) is 15.0 Å². The lowest BCUT2D eigenvalue weighted by atomic mass is 9.90. The first-order valence-electron chi connectivity index (χ1n) is 6.85. The van der Waals surface area contributed by atoms with Crippen LogP contribution >= 0.6 is 0 Å². The molecule has 0 radical (unpaired) electrons. The molecule has 2 rings (SSSR count). The molecular formula is C12H22N2O4S. The van der Waals surface area contributed by atoms with Crippen molar-refractivity contribution in [2.75, 3.05) is 26.2 Å². The van der Waals surface area contributed by atoms with Crippen molar-refractivity contribution in [2.45, 2.75) is 39.0 Å². The van der Waals surface area contributed by atoms with Crippen LogP contribution in [0, 0.1) is 5.41 Å². The van der Waals surface area contributed by atoms with E-state index in [1.165, 1.54) is 8.61 Å². The summed E-state index contributed by atoms with van der Waals surface area (Å²) >= 11 is 0. The van der Waals surface area contributed by atoms with Gasteiger partial charge in [0.1, 0.15) is 0 Å². The van der Waals surface area contributed by atoms with Crippen LogP contribution in [0.3, 0.4) is 0 Å². The molecule has 0 aromatic rings. The minimum absolute atomic E-state index is 0.0845. The van der Waals surface area contributed by atoms with Gasteiger partial charge in [-0.1, -0.05) is 12.8 Å². The van der Waals surface area contributed by atoms with Crippen LogP contribution in [0.1, 0.15) is 39.0 Å². The molecule has 1 atom stereocenters. The quantitative estimate of drug-likeness (QED) is 0.838. The van der Waals surface area contributed by atoms with Crippen molar-refractivity contribution in [3.05, 3.63) is 0 Å². The van der Waals surface area contributed by atoms with E-state index < -0.39 is 21.6 Å². The molecule has 0 aliphatic carbocycles. The molecule has 0 spiro atoms. The van der Waals surface area contributed by atoms with Crippen LogP contribution in [0.5, 0.6) is 0 Å². The fourth-order valence-corrected chi connectivity index (χ4v) is 4.54. The summed E-state index contributed by atoms with van der Waals surface area (Å²) in [5.41, 5.74) is -0.946. The molecule has 2 heterocycles. The predicted octanol–water partition coefficient (Wildman–Crippen LogP) is 0.904. The Kier molecular flexibility index (Phi) is 4.17. The Bertz CT molecular complexity index is 443. The predicted molar refractivity (Wildman–Crippen MR) is 70.9 cm³/mol. The van der Waals surface area contributed by atoms with Crippen LogP contribution in [0.2, 0.25) is 0 Å². The lowest BCUT2D eigenvalue weighted by Gasteiger charge is -2.27. The number of hydrogen-bond acceptors (Lipinski definition) is 3. The van der Waals surface area contributed by atoms with Gasteiger partial charge in [0, 0.05) is 26.2 Å². The molecule has 0 bridgehead atoms. The molecule has 7 heteroatoms. The second-order valence-corrected chi connectivity index (χ2v) is 7.70. The molecule has 2 fully saturated rings. The Morgan fingerprint density at radius 2 is 1.63 bits per heavy atom. The second kappa shape index (κ2) is 5.38. The number of carboxylic acid groups (broad SMARTS) is 1. The maximum atomic E-state index is 12.5. The lowest BCUT2D eigenvalue weighted by molar-refractivity contribution is -0.146. The van der Waals surface area contributed by atoms with Crippen molar-refractivity contribution in [1.29, 1.82) is 0 Å². The molecule has 2 aliphatic rings. The van der Waals surface area contributed by atoms with Gasteiger partial charge in [-0.25, -0.2) is 0 Å². The average Bonchev–Trinajstić information content (AvgIpc) is 2.60. The molecule has 0 aromatic carbocycles. The number of rotatable bonds is 3. The Hall–Kier alpha value is -0.660. The fourth-order valence-electron chi connectivity index (χ4n) is 2.73. The number of carbonyl (C=O) groups is 1. The molecule has 110 valence electrons. The Morgan fingerprint density at radius 3 is 2.11 bits per heavy atom. The van der Waals surface area contributed by atoms with Crippen molar-refractivity contribution < 1.29 is 18.3 Å². The van der Waals surface area contributed by atoms with Gasteiger partial charge in [-0.15, -0.1) is 0 Å². The number of nitrogens with zero attached hydrogens (tertiary/aromatic N) is 2. The van der Waals surface area contributed by atoms with Gasteiger partial charge in [-0.2, -0.15) is 17.0 Å². The molecule has 19 heavy (non-hydrogen) atoms. The van der Waals surface area contributed by atoms with Crippen molar-refractivity contribution >= 4 is 16.2 Å². The van der Waals surface area contributed by atoms with Crippen LogP contribution in [0.4, 0.5) is 0 Å². The first kappa shape index (κ1) is 14.7. The van der Waals surface area contributed by atoms with E-state index in [0.717, 1.165) is 25.7 Å². The molecule has 0 saturated carbocycles. The van der Waals surface area contributed by atoms with Gasteiger partial charge in [0.2, 0.25) is 0 Å². The Balaban J connectivity index is 2.10. The van der Waals surface area contributed by atoms with Crippen molar-refractivity contribution in [3.8, 4) is 0 Å². The van der Waals surface area contributed by atoms with E-state index in [4.69, 9.17) is 0 Å². The van der Waals surface area contributed by atoms with E-state index in [-0.39, 0.29) is 6.54 Å². The van der Waals surface area contributed by atoms with Crippen molar-refractivity contribution in [2.24, 2.45) is 5.41 Å². The minimum atomic E-state index is -3.49. The highest BCUT2D eigenvalue weighted by molar-refractivity contribution is 7.86. The highest BCUT2D eigenvalue weighted by atomic mass is 32.2. The van der Waals surface area contributed by atoms with Crippen LogP contribution in [0.25, 0.3) is 0 Å². The van der Waals surface area contributed by atoms with Gasteiger partial charge < -0.3 is 5.11 Å². The molecular weight excluding hydrogens is 268 g/mol. The zero-order chi connectivity index (χ0) is 14.1. The van der Waals surface area contributed by atoms with E-state index in [0.29, 0.717) is 26.1 Å². The summed E-state index contributed by atoms with van der Waals surface area (Å²) in [6.45, 7) is 3.13. The highest BCUT2D eigenvalue weighted by Crippen LogP contribution is 2.33. The normalized spacial score (nSPS) is 31.2. The van der Waals surface area contributed by atoms with E-state index in [2.05, 4.69) is 0 Å². The van der Waals surface area contributed by atoms with E-state index in [1.807, 2.05) is 0 Å². The van der Waals surface area contributed by atoms with Crippen LogP contribution in [0.15, 0.2) is 0 Å². The maximum Gasteiger partial charge on any atom is 0.310 e. The lowest BCUT2D eigenvalue weighted by Crippen LogP contribution is -2.44. The Labute approximate surface area is 114 Å². The molecule has 0 amide bonds. The molecule has 1 N–H and O–H groups in total. The summed E-state index contributed by atoms with van der Waals surface area (Å²) < 4.78 is 27.9. The third kappa shape index (κ3) is 2.93. The summed E-state index contributed by atoms with van der Waals surface area (Å²) in [7, 11) is -3.49. The van der Waals surface area contributed by atoms with Gasteiger partial charge in [0.15, 0.2) is 0 Å². The largest absolute Gasteiger partial charge is 0.481 e. The van der Waals surface area contributed by atoms with Crippen LogP contribution in [-0.4, -0.2) is 54.3 Å². The summed E-state index contributed by atoms with van der Waals surface area (Å²) in [6, 6.07) is 0. The SMILES string of the molecule is CC1(C(=O)O)CCN(S(=O)(=O)N2CCCCCC2)C1. The van der Waals surface area contributed by atoms with Gasteiger partial charge in [0.05, 0.1) is 5.41 Å². The topological polar surface area (TPSA) is 77.9 Å². The van der Waals surface area contributed by atoms with Gasteiger partial charge in [-0.3, -0.25) is 4.79 Å². The molecule has 2 aliphatic heterocycles. The number of aliphatic carboxylic acids is 1. The fraction of sp³-hybridized carbons (Fsp3) is 0.917. The van der Waals surface area contributed by atoms with Crippen molar-refractivity contribution in [3.63, 3.8) is 0 Å². The number of carboxylic acids is 1. The zero-order valence-corrected chi connectivity index (χ0v) is 12.2. The Morgan fingerprint density at radius 1 is 1.05 bits per heavy atom. The average molecular weight is 290 g/mol. The van der Waals surface area contributed by atoms with Gasteiger partial charge in [-0.05, 0) is 26.2 Å². The van der Waals surface area contributed by atoms with E-state index in [1.54, 1.807) is 6.92 Å². The van der Waals surface area contributed by atoms with Gasteiger partial charge in [0.25, 0.3) is 10.2 Å². The summed E-state index contributed by atoms with van der Waals surface area (Å²) in [5.74, 6) is -0.916. The molecule has 2 saturated heterocycles. The summed E-state index contributed by atoms with van der Waals surface area (Å²) in [5, 5.41) is 9.18. The summed E-state index contributed by atoms with van der Waals surface area (Å²) in [6.07, 6.45) is 4.31. The first-order chi connectivity index (χ1) is 8.86. The standard InChI is InChI=1S/C12H22N2O4S/c1-12(11(15)16)6-9-14(10-12)19(17,18)13-7-4-2-3-5-8-13/h2-10H2,1H3,(H,15,16). The third-order valence-electron chi connectivity index (χ3n) is 4.17. The maximum absolute atomic E-state index is 12.5. The second-order valence-electron chi connectivity index (χ2n) is 5.77. The van der Waals surface area contributed by atoms with E-state index >= 15 is 0 Å². The minimum Gasteiger partial charge on any atom is -0.481 e. The molecule has 1 unspecified atom stereocenters. The zero-order valence-electron chi connectivity index (χ0n) is 11.3. The molecule has 0 aromatic heterocycles. The van der Waals surface area contributed by atoms with Crippen molar-refractivity contribution in [1.82, 2.24) is 8.61 Å². The number of hydrogen-bond donors (Lipinski definition) is 1. The van der Waals surface area contributed by atoms with E-state index in [9.17, 15) is 18.3 Å². The smallest absolute Gasteiger partial charge is 0.310 e.